The molecule has 0 N–H and O–H groups in total. The molecular formula is C22H16F4Ti. The van der Waals surface area contributed by atoms with Crippen LogP contribution in [0.2, 0.25) is 0 Å². The molecule has 136 valence electrons. The van der Waals surface area contributed by atoms with E-state index in [-0.39, 0.29) is 21.7 Å². The van der Waals surface area contributed by atoms with Gasteiger partial charge in [-0.15, -0.1) is 61.4 Å². The summed E-state index contributed by atoms with van der Waals surface area (Å²) >= 11 is 0. The molecule has 0 amide bonds. The molecule has 27 heavy (non-hydrogen) atoms. The Bertz CT molecular complexity index is 602. The van der Waals surface area contributed by atoms with Gasteiger partial charge < -0.3 is 0 Å². The van der Waals surface area contributed by atoms with E-state index in [9.17, 15) is 17.6 Å². The first-order valence-corrected chi connectivity index (χ1v) is 7.67. The van der Waals surface area contributed by atoms with E-state index in [1.54, 1.807) is 0 Å². The minimum Gasteiger partial charge on any atom is -0.284 e. The summed E-state index contributed by atoms with van der Waals surface area (Å²) in [4.78, 5) is 0. The van der Waals surface area contributed by atoms with E-state index in [1.165, 1.54) is 0 Å². The average molecular weight is 404 g/mol. The van der Waals surface area contributed by atoms with Crippen molar-refractivity contribution in [1.29, 1.82) is 0 Å². The summed E-state index contributed by atoms with van der Waals surface area (Å²) in [5.74, 6) is -2.00. The molecule has 0 aromatic heterocycles. The van der Waals surface area contributed by atoms with Crippen LogP contribution >= 0.6 is 0 Å². The molecule has 0 radical (unpaired) electrons. The number of rotatable bonds is 0. The van der Waals surface area contributed by atoms with Crippen molar-refractivity contribution < 1.29 is 39.3 Å². The fourth-order valence-electron chi connectivity index (χ4n) is 1.45. The Morgan fingerprint density at radius 2 is 1.04 bits per heavy atom. The molecule has 0 bridgehead atoms. The molecule has 2 aliphatic rings. The molecule has 0 aliphatic heterocycles. The quantitative estimate of drug-likeness (QED) is 0.281. The molecule has 5 heteroatoms. The number of hydrogen-bond acceptors (Lipinski definition) is 0. The van der Waals surface area contributed by atoms with Gasteiger partial charge in [0.2, 0.25) is 0 Å². The minimum absolute atomic E-state index is 0. The van der Waals surface area contributed by atoms with Crippen molar-refractivity contribution in [2.75, 3.05) is 0 Å². The molecular weight excluding hydrogens is 388 g/mol. The van der Waals surface area contributed by atoms with Crippen molar-refractivity contribution >= 4 is 0 Å². The first-order valence-electron chi connectivity index (χ1n) is 7.67. The first-order chi connectivity index (χ1) is 12.6. The van der Waals surface area contributed by atoms with E-state index in [4.69, 9.17) is 0 Å². The van der Waals surface area contributed by atoms with Crippen molar-refractivity contribution in [3.05, 3.63) is 120 Å². The molecule has 2 aliphatic carbocycles. The predicted octanol–water partition coefficient (Wildman–Crippen LogP) is 6.14. The minimum atomic E-state index is -0.536. The molecule has 2 aromatic rings. The van der Waals surface area contributed by atoms with Gasteiger partial charge in [0.1, 0.15) is 0 Å². The second-order valence-electron chi connectivity index (χ2n) is 4.72. The zero-order valence-electron chi connectivity index (χ0n) is 14.4. The van der Waals surface area contributed by atoms with Gasteiger partial charge in [0.05, 0.1) is 0 Å². The van der Waals surface area contributed by atoms with Crippen LogP contribution in [0.4, 0.5) is 17.6 Å². The maximum atomic E-state index is 11.9. The molecule has 0 atom stereocenters. The number of halogens is 4. The van der Waals surface area contributed by atoms with Gasteiger partial charge >= 0.3 is 21.7 Å². The summed E-state index contributed by atoms with van der Waals surface area (Å²) < 4.78 is 47.5. The van der Waals surface area contributed by atoms with Crippen molar-refractivity contribution in [2.45, 2.75) is 12.8 Å². The topological polar surface area (TPSA) is 0 Å². The maximum absolute atomic E-state index is 11.9. The third-order valence-corrected chi connectivity index (χ3v) is 2.65. The van der Waals surface area contributed by atoms with E-state index in [2.05, 4.69) is 36.4 Å². The van der Waals surface area contributed by atoms with Gasteiger partial charge in [-0.05, 0) is 0 Å². The summed E-state index contributed by atoms with van der Waals surface area (Å²) in [6.07, 6.45) is 20.0. The number of hydrogen-bond donors (Lipinski definition) is 0. The largest absolute Gasteiger partial charge is 4.00 e. The molecule has 0 nitrogen and oxygen atoms in total. The molecule has 0 saturated heterocycles. The summed E-state index contributed by atoms with van der Waals surface area (Å²) in [6, 6.07) is 10.2. The van der Waals surface area contributed by atoms with Gasteiger partial charge in [-0.1, -0.05) is 0 Å². The van der Waals surface area contributed by atoms with Crippen LogP contribution in [0.5, 0.6) is 0 Å². The second-order valence-corrected chi connectivity index (χ2v) is 4.72. The van der Waals surface area contributed by atoms with Crippen LogP contribution in [0.3, 0.4) is 0 Å². The normalized spacial score (nSPS) is 12.0. The Balaban J connectivity index is 0.000000337. The van der Waals surface area contributed by atoms with E-state index in [0.717, 1.165) is 49.2 Å². The first kappa shape index (κ1) is 24.8. The van der Waals surface area contributed by atoms with Gasteiger partial charge in [0.15, 0.2) is 0 Å². The van der Waals surface area contributed by atoms with E-state index < -0.39 is 23.3 Å². The van der Waals surface area contributed by atoms with Gasteiger partial charge in [0.25, 0.3) is 0 Å². The van der Waals surface area contributed by atoms with Crippen LogP contribution in [0.15, 0.2) is 72.9 Å². The second kappa shape index (κ2) is 16.0. The molecule has 0 spiro atoms. The Morgan fingerprint density at radius 3 is 1.19 bits per heavy atom. The van der Waals surface area contributed by atoms with Crippen LogP contribution < -0.4 is 0 Å². The van der Waals surface area contributed by atoms with Crippen molar-refractivity contribution in [2.24, 2.45) is 0 Å². The fraction of sp³-hybridized carbons (Fsp3) is 0.0909. The van der Waals surface area contributed by atoms with Gasteiger partial charge in [-0.3, -0.25) is 20.9 Å². The molecule has 0 heterocycles. The maximum Gasteiger partial charge on any atom is 4.00 e. The van der Waals surface area contributed by atoms with E-state index in [1.807, 2.05) is 24.3 Å². The van der Waals surface area contributed by atoms with Crippen LogP contribution in [0.25, 0.3) is 0 Å². The molecule has 0 fully saturated rings. The summed E-state index contributed by atoms with van der Waals surface area (Å²) in [6.45, 7) is 0. The van der Waals surface area contributed by atoms with Crippen molar-refractivity contribution in [3.63, 3.8) is 0 Å². The number of benzene rings is 2. The Hall–Kier alpha value is -2.17. The van der Waals surface area contributed by atoms with E-state index >= 15 is 0 Å². The zero-order valence-corrected chi connectivity index (χ0v) is 15.9. The fourth-order valence-corrected chi connectivity index (χ4v) is 1.45. The standard InChI is InChI=1S/2C6H3F2.2C5H5.Ti/c2*7-5-1-2-6(8)4-3-5;2*1-2-4-5-3-1;/h2*1-3H;2*1-3H,4H2;/q4*-1;+4. The molecule has 0 unspecified atom stereocenters. The SMILES string of the molecule is Fc1[c-]cc(F)cc1.Fc1[c-]cc(F)cc1.[C-]1=CC=CC1.[C-]1=CC=CC1.[Ti+4]. The third kappa shape index (κ3) is 14.7. The molecule has 0 saturated carbocycles. The Labute approximate surface area is 172 Å². The van der Waals surface area contributed by atoms with Gasteiger partial charge in [-0.25, -0.2) is 33.1 Å². The third-order valence-electron chi connectivity index (χ3n) is 2.65. The smallest absolute Gasteiger partial charge is 0.284 e. The average Bonchev–Trinajstić information content (AvgIpc) is 3.39. The van der Waals surface area contributed by atoms with Crippen molar-refractivity contribution in [1.82, 2.24) is 0 Å². The summed E-state index contributed by atoms with van der Waals surface area (Å²) in [5.41, 5.74) is 0. The summed E-state index contributed by atoms with van der Waals surface area (Å²) in [5, 5.41) is 0. The van der Waals surface area contributed by atoms with Crippen molar-refractivity contribution in [3.8, 4) is 0 Å². The van der Waals surface area contributed by atoms with Gasteiger partial charge in [0, 0.05) is 23.3 Å². The Morgan fingerprint density at radius 1 is 0.630 bits per heavy atom. The van der Waals surface area contributed by atoms with Crippen LogP contribution in [0.1, 0.15) is 12.8 Å². The summed E-state index contributed by atoms with van der Waals surface area (Å²) in [7, 11) is 0. The number of allylic oxidation sites excluding steroid dienone is 8. The predicted molar refractivity (Wildman–Crippen MR) is 93.5 cm³/mol. The van der Waals surface area contributed by atoms with E-state index in [0.29, 0.717) is 0 Å². The van der Waals surface area contributed by atoms with Crippen LogP contribution in [-0.4, -0.2) is 0 Å². The zero-order chi connectivity index (χ0) is 19.0. The molecule has 4 rings (SSSR count). The van der Waals surface area contributed by atoms with Crippen LogP contribution in [-0.2, 0) is 21.7 Å². The van der Waals surface area contributed by atoms with Gasteiger partial charge in [-0.2, -0.15) is 12.2 Å². The monoisotopic (exact) mass is 404 g/mol. The Kier molecular flexibility index (Phi) is 14.8. The molecule has 2 aromatic carbocycles. The van der Waals surface area contributed by atoms with Crippen LogP contribution in [0, 0.1) is 47.6 Å².